The third kappa shape index (κ3) is 1.79. The molecule has 15 heavy (non-hydrogen) atoms. The third-order valence-corrected chi connectivity index (χ3v) is 2.47. The highest BCUT2D eigenvalue weighted by atomic mass is 15.3. The van der Waals surface area contributed by atoms with Crippen LogP contribution in [0.1, 0.15) is 5.69 Å². The second-order valence-electron chi connectivity index (χ2n) is 3.48. The van der Waals surface area contributed by atoms with Crippen molar-refractivity contribution >= 4 is 17.1 Å². The van der Waals surface area contributed by atoms with Crippen molar-refractivity contribution < 1.29 is 0 Å². The molecule has 4 nitrogen and oxygen atoms in total. The van der Waals surface area contributed by atoms with Gasteiger partial charge in [0.1, 0.15) is 0 Å². The number of nitrogens with zero attached hydrogens (tertiary/aromatic N) is 2. The number of nitrogen functional groups attached to an aromatic ring is 1. The molecule has 2 rings (SSSR count). The molecule has 0 aliphatic heterocycles. The van der Waals surface area contributed by atoms with Gasteiger partial charge in [-0.05, 0) is 19.1 Å². The SMILES string of the molecule is Cc1c(Nc2ccccc2N)cnn1C. The summed E-state index contributed by atoms with van der Waals surface area (Å²) in [6, 6.07) is 7.68. The van der Waals surface area contributed by atoms with Crippen molar-refractivity contribution in [3.05, 3.63) is 36.2 Å². The predicted octanol–water partition coefficient (Wildman–Crippen LogP) is 2.05. The quantitative estimate of drug-likeness (QED) is 0.733. The molecular formula is C11H14N4. The summed E-state index contributed by atoms with van der Waals surface area (Å²) in [5.74, 6) is 0. The van der Waals surface area contributed by atoms with Crippen LogP contribution < -0.4 is 11.1 Å². The fraction of sp³-hybridized carbons (Fsp3) is 0.182. The van der Waals surface area contributed by atoms with Crippen molar-refractivity contribution in [1.82, 2.24) is 9.78 Å². The summed E-state index contributed by atoms with van der Waals surface area (Å²) in [6.45, 7) is 2.01. The number of rotatable bonds is 2. The second-order valence-corrected chi connectivity index (χ2v) is 3.48. The topological polar surface area (TPSA) is 55.9 Å². The monoisotopic (exact) mass is 202 g/mol. The fourth-order valence-electron chi connectivity index (χ4n) is 1.38. The van der Waals surface area contributed by atoms with Gasteiger partial charge in [0, 0.05) is 7.05 Å². The zero-order chi connectivity index (χ0) is 10.8. The number of aryl methyl sites for hydroxylation is 1. The summed E-state index contributed by atoms with van der Waals surface area (Å²) in [4.78, 5) is 0. The van der Waals surface area contributed by atoms with Crippen LogP contribution in [0.3, 0.4) is 0 Å². The minimum absolute atomic E-state index is 0.737. The van der Waals surface area contributed by atoms with Gasteiger partial charge in [-0.25, -0.2) is 0 Å². The average Bonchev–Trinajstić information content (AvgIpc) is 2.53. The molecule has 0 saturated carbocycles. The molecule has 0 aliphatic rings. The summed E-state index contributed by atoms with van der Waals surface area (Å²) in [6.07, 6.45) is 1.79. The van der Waals surface area contributed by atoms with E-state index in [0.29, 0.717) is 0 Å². The molecule has 0 amide bonds. The number of anilines is 3. The maximum Gasteiger partial charge on any atom is 0.0800 e. The van der Waals surface area contributed by atoms with Gasteiger partial charge in [-0.1, -0.05) is 12.1 Å². The van der Waals surface area contributed by atoms with Crippen LogP contribution in [0.2, 0.25) is 0 Å². The van der Waals surface area contributed by atoms with E-state index in [-0.39, 0.29) is 0 Å². The third-order valence-electron chi connectivity index (χ3n) is 2.47. The number of hydrogen-bond donors (Lipinski definition) is 2. The van der Waals surface area contributed by atoms with Crippen LogP contribution in [-0.2, 0) is 7.05 Å². The molecule has 0 radical (unpaired) electrons. The van der Waals surface area contributed by atoms with Gasteiger partial charge in [0.2, 0.25) is 0 Å². The van der Waals surface area contributed by atoms with Gasteiger partial charge in [-0.15, -0.1) is 0 Å². The molecule has 78 valence electrons. The van der Waals surface area contributed by atoms with Crippen LogP contribution in [0.15, 0.2) is 30.5 Å². The van der Waals surface area contributed by atoms with Gasteiger partial charge in [0.25, 0.3) is 0 Å². The fourth-order valence-corrected chi connectivity index (χ4v) is 1.38. The Morgan fingerprint density at radius 3 is 2.60 bits per heavy atom. The van der Waals surface area contributed by atoms with Crippen LogP contribution >= 0.6 is 0 Å². The normalized spacial score (nSPS) is 10.3. The predicted molar refractivity (Wildman–Crippen MR) is 62.1 cm³/mol. The van der Waals surface area contributed by atoms with Crippen LogP contribution in [0.25, 0.3) is 0 Å². The number of hydrogen-bond acceptors (Lipinski definition) is 3. The molecule has 0 bridgehead atoms. The number of para-hydroxylation sites is 2. The largest absolute Gasteiger partial charge is 0.397 e. The molecule has 1 aromatic carbocycles. The summed E-state index contributed by atoms with van der Waals surface area (Å²) in [5, 5.41) is 7.41. The number of nitrogens with two attached hydrogens (primary N) is 1. The minimum Gasteiger partial charge on any atom is -0.397 e. The lowest BCUT2D eigenvalue weighted by Gasteiger charge is -2.07. The zero-order valence-corrected chi connectivity index (χ0v) is 8.86. The molecule has 0 atom stereocenters. The van der Waals surface area contributed by atoms with Gasteiger partial charge in [0.15, 0.2) is 0 Å². The average molecular weight is 202 g/mol. The Kier molecular flexibility index (Phi) is 2.33. The smallest absolute Gasteiger partial charge is 0.0800 e. The first-order chi connectivity index (χ1) is 7.18. The Balaban J connectivity index is 2.30. The standard InChI is InChI=1S/C11H14N4/c1-8-11(7-13-15(8)2)14-10-6-4-3-5-9(10)12/h3-7,14H,12H2,1-2H3. The lowest BCUT2D eigenvalue weighted by Crippen LogP contribution is -1.97. The van der Waals surface area contributed by atoms with E-state index in [9.17, 15) is 0 Å². The van der Waals surface area contributed by atoms with Gasteiger partial charge in [0.05, 0.1) is 29.0 Å². The van der Waals surface area contributed by atoms with Gasteiger partial charge < -0.3 is 11.1 Å². The maximum atomic E-state index is 5.84. The van der Waals surface area contributed by atoms with Crippen molar-refractivity contribution in [1.29, 1.82) is 0 Å². The van der Waals surface area contributed by atoms with E-state index in [0.717, 1.165) is 22.8 Å². The van der Waals surface area contributed by atoms with Crippen molar-refractivity contribution in [2.45, 2.75) is 6.92 Å². The molecule has 3 N–H and O–H groups in total. The summed E-state index contributed by atoms with van der Waals surface area (Å²) in [5.41, 5.74) is 9.55. The molecule has 0 aliphatic carbocycles. The first-order valence-corrected chi connectivity index (χ1v) is 4.78. The van der Waals surface area contributed by atoms with Gasteiger partial charge in [-0.2, -0.15) is 5.10 Å². The van der Waals surface area contributed by atoms with Crippen LogP contribution in [-0.4, -0.2) is 9.78 Å². The highest BCUT2D eigenvalue weighted by Crippen LogP contribution is 2.23. The van der Waals surface area contributed by atoms with Crippen LogP contribution in [0.4, 0.5) is 17.1 Å². The molecule has 2 aromatic rings. The van der Waals surface area contributed by atoms with Crippen molar-refractivity contribution in [2.75, 3.05) is 11.1 Å². The summed E-state index contributed by atoms with van der Waals surface area (Å²) < 4.78 is 1.82. The molecule has 1 heterocycles. The molecular weight excluding hydrogens is 188 g/mol. The van der Waals surface area contributed by atoms with E-state index in [1.807, 2.05) is 42.9 Å². The summed E-state index contributed by atoms with van der Waals surface area (Å²) in [7, 11) is 1.91. The molecule has 0 unspecified atom stereocenters. The van der Waals surface area contributed by atoms with E-state index < -0.39 is 0 Å². The zero-order valence-electron chi connectivity index (χ0n) is 8.86. The lowest BCUT2D eigenvalue weighted by atomic mass is 10.2. The number of aromatic nitrogens is 2. The molecule has 0 fully saturated rings. The molecule has 4 heteroatoms. The van der Waals surface area contributed by atoms with Gasteiger partial charge >= 0.3 is 0 Å². The Labute approximate surface area is 88.7 Å². The van der Waals surface area contributed by atoms with Crippen LogP contribution in [0.5, 0.6) is 0 Å². The van der Waals surface area contributed by atoms with Crippen LogP contribution in [0, 0.1) is 6.92 Å². The molecule has 0 saturated heterocycles. The first-order valence-electron chi connectivity index (χ1n) is 4.78. The first kappa shape index (κ1) is 9.58. The summed E-state index contributed by atoms with van der Waals surface area (Å²) >= 11 is 0. The van der Waals surface area contributed by atoms with Crippen molar-refractivity contribution in [3.63, 3.8) is 0 Å². The Hall–Kier alpha value is -1.97. The molecule has 1 aromatic heterocycles. The van der Waals surface area contributed by atoms with E-state index in [4.69, 9.17) is 5.73 Å². The lowest BCUT2D eigenvalue weighted by molar-refractivity contribution is 0.740. The second kappa shape index (κ2) is 3.65. The highest BCUT2D eigenvalue weighted by molar-refractivity contribution is 5.72. The Morgan fingerprint density at radius 1 is 1.27 bits per heavy atom. The minimum atomic E-state index is 0.737. The number of nitrogens with one attached hydrogen (secondary N) is 1. The Morgan fingerprint density at radius 2 is 2.00 bits per heavy atom. The van der Waals surface area contributed by atoms with E-state index in [1.54, 1.807) is 6.20 Å². The van der Waals surface area contributed by atoms with E-state index >= 15 is 0 Å². The van der Waals surface area contributed by atoms with E-state index in [2.05, 4.69) is 10.4 Å². The maximum absolute atomic E-state index is 5.84. The van der Waals surface area contributed by atoms with Crippen molar-refractivity contribution in [3.8, 4) is 0 Å². The van der Waals surface area contributed by atoms with Crippen molar-refractivity contribution in [2.24, 2.45) is 7.05 Å². The van der Waals surface area contributed by atoms with E-state index in [1.165, 1.54) is 0 Å². The highest BCUT2D eigenvalue weighted by Gasteiger charge is 2.04. The molecule has 0 spiro atoms. The Bertz CT molecular complexity index is 473. The van der Waals surface area contributed by atoms with Gasteiger partial charge in [-0.3, -0.25) is 4.68 Å². The number of benzene rings is 1.